The van der Waals surface area contributed by atoms with E-state index in [0.717, 1.165) is 46.7 Å². The van der Waals surface area contributed by atoms with Crippen molar-refractivity contribution in [2.24, 2.45) is 0 Å². The van der Waals surface area contributed by atoms with Gasteiger partial charge in [0.1, 0.15) is 5.82 Å². The zero-order chi connectivity index (χ0) is 29.9. The van der Waals surface area contributed by atoms with Gasteiger partial charge in [-0.3, -0.25) is 4.79 Å². The Morgan fingerprint density at radius 3 is 2.40 bits per heavy atom. The van der Waals surface area contributed by atoms with E-state index in [2.05, 4.69) is 53.2 Å². The number of aromatic nitrogens is 2. The molecule has 7 nitrogen and oxygen atoms in total. The number of aryl methyl sites for hydroxylation is 2. The Hall–Kier alpha value is -3.75. The number of carbonyl (C=O) groups is 1. The lowest BCUT2D eigenvalue weighted by atomic mass is 9.87. The Morgan fingerprint density at radius 2 is 1.71 bits per heavy atom. The van der Waals surface area contributed by atoms with Crippen LogP contribution in [-0.4, -0.2) is 23.9 Å². The molecule has 0 spiro atoms. The van der Waals surface area contributed by atoms with Gasteiger partial charge in [0, 0.05) is 24.2 Å². The number of sulfonamides is 1. The summed E-state index contributed by atoms with van der Waals surface area (Å²) in [5.41, 5.74) is 4.88. The van der Waals surface area contributed by atoms with Gasteiger partial charge < -0.3 is 9.47 Å². The van der Waals surface area contributed by atoms with Crippen molar-refractivity contribution in [1.82, 2.24) is 14.3 Å². The Labute approximate surface area is 249 Å². The number of hydrogen-bond donors (Lipinski definition) is 1. The van der Waals surface area contributed by atoms with Crippen molar-refractivity contribution in [1.29, 1.82) is 0 Å². The first-order chi connectivity index (χ1) is 20.1. The molecule has 0 saturated heterocycles. The highest BCUT2D eigenvalue weighted by Gasteiger charge is 2.28. The largest absolute Gasteiger partial charge is 0.328 e. The van der Waals surface area contributed by atoms with Gasteiger partial charge in [0.2, 0.25) is 15.9 Å². The molecule has 1 aromatic heterocycles. The van der Waals surface area contributed by atoms with Crippen molar-refractivity contribution < 1.29 is 13.2 Å². The van der Waals surface area contributed by atoms with Crippen molar-refractivity contribution in [2.45, 2.75) is 82.8 Å². The van der Waals surface area contributed by atoms with Crippen LogP contribution in [0.25, 0.3) is 0 Å². The molecule has 5 rings (SSSR count). The predicted molar refractivity (Wildman–Crippen MR) is 167 cm³/mol. The molecule has 8 heteroatoms. The highest BCUT2D eigenvalue weighted by Crippen LogP contribution is 2.35. The van der Waals surface area contributed by atoms with Gasteiger partial charge in [-0.05, 0) is 86.9 Å². The van der Waals surface area contributed by atoms with Crippen LogP contribution in [0.15, 0.2) is 90.0 Å². The molecule has 1 N–H and O–H groups in total. The Kier molecular flexibility index (Phi) is 8.94. The normalized spacial score (nSPS) is 15.8. The third kappa shape index (κ3) is 6.50. The van der Waals surface area contributed by atoms with E-state index in [-0.39, 0.29) is 28.8 Å². The van der Waals surface area contributed by atoms with E-state index in [4.69, 9.17) is 0 Å². The minimum atomic E-state index is -3.70. The quantitative estimate of drug-likeness (QED) is 0.221. The molecule has 0 fully saturated rings. The van der Waals surface area contributed by atoms with Crippen molar-refractivity contribution in [3.63, 3.8) is 0 Å². The van der Waals surface area contributed by atoms with E-state index in [0.29, 0.717) is 19.4 Å². The van der Waals surface area contributed by atoms with E-state index in [1.165, 1.54) is 0 Å². The summed E-state index contributed by atoms with van der Waals surface area (Å²) in [6, 6.07) is 24.5. The molecule has 1 amide bonds. The topological polar surface area (TPSA) is 84.3 Å². The fourth-order valence-corrected chi connectivity index (χ4v) is 7.28. The summed E-state index contributed by atoms with van der Waals surface area (Å²) in [6.07, 6.45) is 4.65. The maximum absolute atomic E-state index is 14.1. The highest BCUT2D eigenvalue weighted by atomic mass is 32.2. The van der Waals surface area contributed by atoms with Crippen LogP contribution in [0, 0.1) is 6.92 Å². The molecule has 3 aromatic carbocycles. The summed E-state index contributed by atoms with van der Waals surface area (Å²) in [4.78, 5) is 20.7. The number of anilines is 1. The Balaban J connectivity index is 1.50. The highest BCUT2D eigenvalue weighted by molar-refractivity contribution is 7.89. The first-order valence-electron chi connectivity index (χ1n) is 14.7. The molecule has 1 aliphatic rings. The average Bonchev–Trinajstić information content (AvgIpc) is 3.36. The van der Waals surface area contributed by atoms with Crippen LogP contribution in [0.2, 0.25) is 0 Å². The molecule has 2 unspecified atom stereocenters. The molecular formula is C34H40N4O3S. The summed E-state index contributed by atoms with van der Waals surface area (Å²) in [5, 5.41) is 0. The molecule has 1 aliphatic carbocycles. The van der Waals surface area contributed by atoms with Crippen molar-refractivity contribution in [3.05, 3.63) is 113 Å². The average molecular weight is 585 g/mol. The van der Waals surface area contributed by atoms with Crippen molar-refractivity contribution in [2.75, 3.05) is 4.90 Å². The zero-order valence-electron chi connectivity index (χ0n) is 24.8. The van der Waals surface area contributed by atoms with Crippen LogP contribution >= 0.6 is 0 Å². The number of imidazole rings is 1. The lowest BCUT2D eigenvalue weighted by Gasteiger charge is -2.30. The van der Waals surface area contributed by atoms with E-state index in [9.17, 15) is 13.2 Å². The second-order valence-electron chi connectivity index (χ2n) is 11.5. The second-order valence-corrected chi connectivity index (χ2v) is 13.2. The molecule has 0 aliphatic heterocycles. The van der Waals surface area contributed by atoms with Crippen LogP contribution in [0.4, 0.5) is 5.69 Å². The zero-order valence-corrected chi connectivity index (χ0v) is 25.6. The third-order valence-electron chi connectivity index (χ3n) is 8.15. The number of nitrogens with one attached hydrogen (secondary N) is 1. The first kappa shape index (κ1) is 29.7. The first-order valence-corrected chi connectivity index (χ1v) is 16.2. The van der Waals surface area contributed by atoms with Gasteiger partial charge >= 0.3 is 0 Å². The summed E-state index contributed by atoms with van der Waals surface area (Å²) in [6.45, 7) is 8.66. The molecule has 220 valence electrons. The second kappa shape index (κ2) is 12.6. The fourth-order valence-electron chi connectivity index (χ4n) is 6.01. The molecule has 42 heavy (non-hydrogen) atoms. The summed E-state index contributed by atoms with van der Waals surface area (Å²) < 4.78 is 31.6. The smallest absolute Gasteiger partial charge is 0.241 e. The lowest BCUT2D eigenvalue weighted by Crippen LogP contribution is -2.34. The maximum atomic E-state index is 14.1. The van der Waals surface area contributed by atoms with Crippen LogP contribution < -0.4 is 9.62 Å². The molecule has 2 atom stereocenters. The van der Waals surface area contributed by atoms with Gasteiger partial charge in [-0.1, -0.05) is 61.5 Å². The molecule has 0 bridgehead atoms. The monoisotopic (exact) mass is 584 g/mol. The van der Waals surface area contributed by atoms with Gasteiger partial charge in [-0.15, -0.1) is 0 Å². The minimum Gasteiger partial charge on any atom is -0.328 e. The molecular weight excluding hydrogens is 544 g/mol. The fraction of sp³-hybridized carbons (Fsp3) is 0.353. The minimum absolute atomic E-state index is 0.0117. The lowest BCUT2D eigenvalue weighted by molar-refractivity contribution is -0.119. The van der Waals surface area contributed by atoms with Crippen molar-refractivity contribution >= 4 is 21.6 Å². The number of nitrogens with zero attached hydrogens (tertiary/aromatic N) is 3. The standard InChI is InChI=1S/C34H40N4O3S/c1-24(2)38-26(4)35-22-30(38)23-37(34(39)20-25(3)27-12-7-5-8-13-27)29-19-18-28-14-11-17-33(32(28)21-29)36-42(40,41)31-15-9-6-10-16-31/h5-10,12-13,15-16,18-19,21-22,24-25,33,36H,11,14,17,20,23H2,1-4H3. The van der Waals surface area contributed by atoms with E-state index in [1.54, 1.807) is 30.3 Å². The van der Waals surface area contributed by atoms with Gasteiger partial charge in [-0.25, -0.2) is 18.1 Å². The SMILES string of the molecule is Cc1ncc(CN(C(=O)CC(C)c2ccccc2)c2ccc3c(c2)C(NS(=O)(=O)c2ccccc2)CCC3)n1C(C)C. The Morgan fingerprint density at radius 1 is 1.02 bits per heavy atom. The van der Waals surface area contributed by atoms with Gasteiger partial charge in [0.15, 0.2) is 0 Å². The van der Waals surface area contributed by atoms with Gasteiger partial charge in [-0.2, -0.15) is 0 Å². The number of fused-ring (bicyclic) bond motifs is 1. The third-order valence-corrected chi connectivity index (χ3v) is 9.64. The van der Waals surface area contributed by atoms with Gasteiger partial charge in [0.25, 0.3) is 0 Å². The van der Waals surface area contributed by atoms with Crippen LogP contribution in [0.3, 0.4) is 0 Å². The molecule has 1 heterocycles. The molecule has 0 saturated carbocycles. The molecule has 4 aromatic rings. The number of hydrogen-bond acceptors (Lipinski definition) is 4. The van der Waals surface area contributed by atoms with Crippen LogP contribution in [-0.2, 0) is 27.8 Å². The number of carbonyl (C=O) groups excluding carboxylic acids is 1. The number of rotatable bonds is 10. The van der Waals surface area contributed by atoms with Crippen LogP contribution in [0.5, 0.6) is 0 Å². The summed E-state index contributed by atoms with van der Waals surface area (Å²) in [5.74, 6) is 0.963. The predicted octanol–water partition coefficient (Wildman–Crippen LogP) is 6.86. The maximum Gasteiger partial charge on any atom is 0.241 e. The van der Waals surface area contributed by atoms with Crippen LogP contribution in [0.1, 0.15) is 86.2 Å². The van der Waals surface area contributed by atoms with Crippen molar-refractivity contribution in [3.8, 4) is 0 Å². The number of amides is 1. The molecule has 0 radical (unpaired) electrons. The summed E-state index contributed by atoms with van der Waals surface area (Å²) in [7, 11) is -3.70. The van der Waals surface area contributed by atoms with E-state index in [1.807, 2.05) is 48.4 Å². The van der Waals surface area contributed by atoms with E-state index < -0.39 is 10.0 Å². The van der Waals surface area contributed by atoms with Gasteiger partial charge in [0.05, 0.1) is 23.3 Å². The Bertz CT molecular complexity index is 1630. The summed E-state index contributed by atoms with van der Waals surface area (Å²) >= 11 is 0. The van der Waals surface area contributed by atoms with E-state index >= 15 is 0 Å². The number of benzene rings is 3.